The van der Waals surface area contributed by atoms with Crippen LogP contribution in [0.25, 0.3) is 10.9 Å². The molecule has 0 amide bonds. The van der Waals surface area contributed by atoms with E-state index in [1.807, 2.05) is 25.1 Å². The molecule has 0 spiro atoms. The van der Waals surface area contributed by atoms with Gasteiger partial charge in [-0.3, -0.25) is 4.79 Å². The van der Waals surface area contributed by atoms with Crippen molar-refractivity contribution < 1.29 is 4.79 Å². The molecule has 2 heteroatoms. The van der Waals surface area contributed by atoms with Gasteiger partial charge in [-0.1, -0.05) is 18.2 Å². The highest BCUT2D eigenvalue weighted by atomic mass is 16.1. The van der Waals surface area contributed by atoms with Crippen molar-refractivity contribution in [3.05, 3.63) is 35.5 Å². The van der Waals surface area contributed by atoms with Crippen LogP contribution < -0.4 is 0 Å². The number of hydrogen-bond donors (Lipinski definition) is 0. The SMILES string of the molecule is Cc1c(C=O)c2ccccc2n1C(C)C. The summed E-state index contributed by atoms with van der Waals surface area (Å²) < 4.78 is 2.21. The van der Waals surface area contributed by atoms with Crippen LogP contribution in [-0.2, 0) is 0 Å². The molecule has 0 aliphatic carbocycles. The van der Waals surface area contributed by atoms with Gasteiger partial charge in [0.2, 0.25) is 0 Å². The lowest BCUT2D eigenvalue weighted by Crippen LogP contribution is -2.02. The second kappa shape index (κ2) is 3.54. The molecule has 78 valence electrons. The van der Waals surface area contributed by atoms with E-state index in [0.717, 1.165) is 28.4 Å². The summed E-state index contributed by atoms with van der Waals surface area (Å²) >= 11 is 0. The largest absolute Gasteiger partial charge is 0.342 e. The lowest BCUT2D eigenvalue weighted by atomic mass is 10.1. The number of fused-ring (bicyclic) bond motifs is 1. The number of rotatable bonds is 2. The Kier molecular flexibility index (Phi) is 2.35. The maximum atomic E-state index is 11.1. The van der Waals surface area contributed by atoms with E-state index in [0.29, 0.717) is 6.04 Å². The standard InChI is InChI=1S/C13H15NO/c1-9(2)14-10(3)12(8-15)11-6-4-5-7-13(11)14/h4-9H,1-3H3. The van der Waals surface area contributed by atoms with Crippen LogP contribution in [0.5, 0.6) is 0 Å². The highest BCUT2D eigenvalue weighted by Crippen LogP contribution is 2.27. The average molecular weight is 201 g/mol. The summed E-state index contributed by atoms with van der Waals surface area (Å²) in [5.41, 5.74) is 3.02. The minimum Gasteiger partial charge on any atom is -0.342 e. The van der Waals surface area contributed by atoms with Crippen LogP contribution in [-0.4, -0.2) is 10.9 Å². The van der Waals surface area contributed by atoms with E-state index >= 15 is 0 Å². The summed E-state index contributed by atoms with van der Waals surface area (Å²) in [6.45, 7) is 6.27. The van der Waals surface area contributed by atoms with Crippen LogP contribution in [0.3, 0.4) is 0 Å². The van der Waals surface area contributed by atoms with Crippen LogP contribution >= 0.6 is 0 Å². The minimum absolute atomic E-state index is 0.378. The van der Waals surface area contributed by atoms with Gasteiger partial charge in [-0.25, -0.2) is 0 Å². The highest BCUT2D eigenvalue weighted by Gasteiger charge is 2.14. The van der Waals surface area contributed by atoms with Gasteiger partial charge in [-0.15, -0.1) is 0 Å². The Morgan fingerprint density at radius 3 is 2.53 bits per heavy atom. The van der Waals surface area contributed by atoms with Gasteiger partial charge in [0.25, 0.3) is 0 Å². The predicted molar refractivity (Wildman–Crippen MR) is 62.4 cm³/mol. The number of aldehydes is 1. The van der Waals surface area contributed by atoms with Crippen LogP contribution in [0.15, 0.2) is 24.3 Å². The van der Waals surface area contributed by atoms with Crippen LogP contribution in [0, 0.1) is 6.92 Å². The topological polar surface area (TPSA) is 22.0 Å². The maximum Gasteiger partial charge on any atom is 0.152 e. The molecule has 1 aromatic heterocycles. The lowest BCUT2D eigenvalue weighted by molar-refractivity contribution is 0.112. The summed E-state index contributed by atoms with van der Waals surface area (Å²) in [5, 5.41) is 1.05. The van der Waals surface area contributed by atoms with Crippen molar-refractivity contribution in [2.75, 3.05) is 0 Å². The third-order valence-corrected chi connectivity index (χ3v) is 2.84. The zero-order chi connectivity index (χ0) is 11.0. The van der Waals surface area contributed by atoms with Gasteiger partial charge in [0.1, 0.15) is 0 Å². The van der Waals surface area contributed by atoms with Crippen molar-refractivity contribution in [2.24, 2.45) is 0 Å². The first-order valence-corrected chi connectivity index (χ1v) is 5.21. The smallest absolute Gasteiger partial charge is 0.152 e. The van der Waals surface area contributed by atoms with Gasteiger partial charge < -0.3 is 4.57 Å². The highest BCUT2D eigenvalue weighted by molar-refractivity contribution is 5.99. The summed E-state index contributed by atoms with van der Waals surface area (Å²) in [6.07, 6.45) is 0.955. The molecule has 1 heterocycles. The summed E-state index contributed by atoms with van der Waals surface area (Å²) in [5.74, 6) is 0. The van der Waals surface area contributed by atoms with E-state index in [2.05, 4.69) is 24.5 Å². The Morgan fingerprint density at radius 2 is 1.93 bits per heavy atom. The Morgan fingerprint density at radius 1 is 1.27 bits per heavy atom. The Hall–Kier alpha value is -1.57. The Bertz CT molecular complexity index is 508. The Labute approximate surface area is 89.5 Å². The quantitative estimate of drug-likeness (QED) is 0.683. The molecule has 0 unspecified atom stereocenters. The molecule has 0 bridgehead atoms. The van der Waals surface area contributed by atoms with Crippen molar-refractivity contribution in [1.82, 2.24) is 4.57 Å². The van der Waals surface area contributed by atoms with Crippen molar-refractivity contribution in [3.8, 4) is 0 Å². The first-order valence-electron chi connectivity index (χ1n) is 5.21. The van der Waals surface area contributed by atoms with E-state index in [1.165, 1.54) is 0 Å². The van der Waals surface area contributed by atoms with E-state index in [-0.39, 0.29) is 0 Å². The van der Waals surface area contributed by atoms with Gasteiger partial charge >= 0.3 is 0 Å². The van der Waals surface area contributed by atoms with Gasteiger partial charge in [0.15, 0.2) is 6.29 Å². The predicted octanol–water partition coefficient (Wildman–Crippen LogP) is 3.34. The summed E-state index contributed by atoms with van der Waals surface area (Å²) in [6, 6.07) is 8.43. The van der Waals surface area contributed by atoms with Crippen molar-refractivity contribution >= 4 is 17.2 Å². The van der Waals surface area contributed by atoms with Gasteiger partial charge in [0.05, 0.1) is 0 Å². The molecule has 2 rings (SSSR count). The molecule has 1 aromatic carbocycles. The normalized spacial score (nSPS) is 11.2. The van der Waals surface area contributed by atoms with Crippen molar-refractivity contribution in [3.63, 3.8) is 0 Å². The van der Waals surface area contributed by atoms with Gasteiger partial charge in [0, 0.05) is 28.2 Å². The summed E-state index contributed by atoms with van der Waals surface area (Å²) in [7, 11) is 0. The monoisotopic (exact) mass is 201 g/mol. The van der Waals surface area contributed by atoms with E-state index in [9.17, 15) is 4.79 Å². The minimum atomic E-state index is 0.378. The number of benzene rings is 1. The third kappa shape index (κ3) is 1.37. The fourth-order valence-corrected chi connectivity index (χ4v) is 2.23. The first-order chi connectivity index (χ1) is 7.16. The molecule has 0 saturated carbocycles. The lowest BCUT2D eigenvalue weighted by Gasteiger charge is -2.12. The van der Waals surface area contributed by atoms with E-state index < -0.39 is 0 Å². The maximum absolute atomic E-state index is 11.1. The third-order valence-electron chi connectivity index (χ3n) is 2.84. The molecule has 0 aliphatic rings. The zero-order valence-electron chi connectivity index (χ0n) is 9.32. The van der Waals surface area contributed by atoms with Crippen molar-refractivity contribution in [1.29, 1.82) is 0 Å². The molecule has 0 saturated heterocycles. The molecular formula is C13H15NO. The van der Waals surface area contributed by atoms with Crippen LogP contribution in [0.2, 0.25) is 0 Å². The number of nitrogens with zero attached hydrogens (tertiary/aromatic N) is 1. The number of hydrogen-bond acceptors (Lipinski definition) is 1. The fraction of sp³-hybridized carbons (Fsp3) is 0.308. The van der Waals surface area contributed by atoms with Gasteiger partial charge in [-0.2, -0.15) is 0 Å². The van der Waals surface area contributed by atoms with Crippen LogP contribution in [0.1, 0.15) is 35.9 Å². The molecule has 0 aliphatic heterocycles. The number of carbonyl (C=O) groups excluding carboxylic acids is 1. The van der Waals surface area contributed by atoms with Crippen molar-refractivity contribution in [2.45, 2.75) is 26.8 Å². The molecule has 0 N–H and O–H groups in total. The van der Waals surface area contributed by atoms with E-state index in [1.54, 1.807) is 0 Å². The molecule has 0 radical (unpaired) electrons. The number of aromatic nitrogens is 1. The fourth-order valence-electron chi connectivity index (χ4n) is 2.23. The Balaban J connectivity index is 2.90. The molecule has 0 fully saturated rings. The molecule has 2 aromatic rings. The average Bonchev–Trinajstić information content (AvgIpc) is 2.49. The zero-order valence-corrected chi connectivity index (χ0v) is 9.32. The second-order valence-corrected chi connectivity index (χ2v) is 4.10. The van der Waals surface area contributed by atoms with Crippen LogP contribution in [0.4, 0.5) is 0 Å². The molecule has 0 atom stereocenters. The molecule has 2 nitrogen and oxygen atoms in total. The molecular weight excluding hydrogens is 186 g/mol. The second-order valence-electron chi connectivity index (χ2n) is 4.10. The van der Waals surface area contributed by atoms with Gasteiger partial charge in [-0.05, 0) is 26.8 Å². The summed E-state index contributed by atoms with van der Waals surface area (Å²) in [4.78, 5) is 11.1. The van der Waals surface area contributed by atoms with E-state index in [4.69, 9.17) is 0 Å². The molecule has 15 heavy (non-hydrogen) atoms. The number of para-hydroxylation sites is 1. The first kappa shape index (κ1) is 9.97. The number of carbonyl (C=O) groups is 1.